The second kappa shape index (κ2) is 10.2. The van der Waals surface area contributed by atoms with E-state index in [-0.39, 0.29) is 15.8 Å². The molecule has 0 amide bonds. The Labute approximate surface area is 252 Å². The Balaban J connectivity index is 1.24. The number of hydrogen-bond acceptors (Lipinski definition) is 0. The average Bonchev–Trinajstić information content (AvgIpc) is 2.80. The van der Waals surface area contributed by atoms with Crippen LogP contribution < -0.4 is 0 Å². The molecule has 0 saturated heterocycles. The van der Waals surface area contributed by atoms with Gasteiger partial charge in [0.05, 0.1) is 0 Å². The molecular weight excluding hydrogens is 518 g/mol. The molecule has 9 fully saturated rings. The Bertz CT molecular complexity index is 806. The van der Waals surface area contributed by atoms with Gasteiger partial charge in [0, 0.05) is 0 Å². The fraction of sp³-hybridized carbons (Fsp3) is 1.00. The summed E-state index contributed by atoms with van der Waals surface area (Å²) in [5.74, 6) is 10.7. The minimum Gasteiger partial charge on any atom is -0.0954 e. The predicted molar refractivity (Wildman–Crippen MR) is 179 cm³/mol. The summed E-state index contributed by atoms with van der Waals surface area (Å²) in [7, 11) is 0.137. The molecule has 9 aliphatic rings. The zero-order valence-electron chi connectivity index (χ0n) is 28.0. The summed E-state index contributed by atoms with van der Waals surface area (Å²) in [5.41, 5.74) is 0. The van der Waals surface area contributed by atoms with Gasteiger partial charge in [-0.3, -0.25) is 0 Å². The van der Waals surface area contributed by atoms with E-state index >= 15 is 0 Å². The van der Waals surface area contributed by atoms with E-state index in [2.05, 4.69) is 55.4 Å². The molecular formula is C38H66P2. The molecule has 4 unspecified atom stereocenters. The van der Waals surface area contributed by atoms with Crippen molar-refractivity contribution in [2.24, 2.45) is 59.2 Å². The third-order valence-electron chi connectivity index (χ3n) is 14.6. The molecule has 8 bridgehead atoms. The molecule has 40 heavy (non-hydrogen) atoms. The minimum atomic E-state index is 0.00258. The molecule has 9 saturated carbocycles. The summed E-state index contributed by atoms with van der Waals surface area (Å²) in [4.78, 5) is 0. The largest absolute Gasteiger partial charge is 0.0954 e. The zero-order valence-corrected chi connectivity index (χ0v) is 29.8. The maximum Gasteiger partial charge on any atom is -0.00814 e. The van der Waals surface area contributed by atoms with Crippen LogP contribution in [0.3, 0.4) is 0 Å². The maximum atomic E-state index is 2.65. The SMILES string of the molecule is CC1CC(CP(C(C)(C)C)C(C)(C)C)C(CP(C23CC4CC(CC(C4)C2)C3)C23CC4CC(CC(C4)C2)C3)CC1C. The molecule has 9 aliphatic carbocycles. The fourth-order valence-electron chi connectivity index (χ4n) is 14.0. The van der Waals surface area contributed by atoms with Gasteiger partial charge in [-0.2, -0.15) is 0 Å². The first-order valence-electron chi connectivity index (χ1n) is 18.3. The van der Waals surface area contributed by atoms with Crippen molar-refractivity contribution in [1.29, 1.82) is 0 Å². The first-order chi connectivity index (χ1) is 18.7. The van der Waals surface area contributed by atoms with Crippen LogP contribution in [0.5, 0.6) is 0 Å². The van der Waals surface area contributed by atoms with Crippen LogP contribution in [-0.2, 0) is 0 Å². The van der Waals surface area contributed by atoms with Gasteiger partial charge in [-0.15, -0.1) is 0 Å². The summed E-state index contributed by atoms with van der Waals surface area (Å²) in [5, 5.41) is 2.56. The standard InChI is InChI=1S/C38H66P2/c1-25-9-33(23-39(35(3,4)5)36(6,7)8)34(10-26(25)2)24-40(37-17-27-11-28(18-37)13-29(12-27)19-37)38-20-30-14-31(21-38)16-32(15-30)22-38/h25-34H,9-24H2,1-8H3. The lowest BCUT2D eigenvalue weighted by molar-refractivity contribution is 0.0177. The van der Waals surface area contributed by atoms with Gasteiger partial charge in [-0.1, -0.05) is 71.2 Å². The molecule has 0 heterocycles. The average molecular weight is 585 g/mol. The van der Waals surface area contributed by atoms with E-state index in [9.17, 15) is 0 Å². The van der Waals surface area contributed by atoms with Crippen LogP contribution in [-0.4, -0.2) is 32.9 Å². The first-order valence-corrected chi connectivity index (χ1v) is 21.3. The fourth-order valence-corrected chi connectivity index (χ4v) is 23.5. The van der Waals surface area contributed by atoms with E-state index in [1.807, 2.05) is 0 Å². The van der Waals surface area contributed by atoms with Crippen molar-refractivity contribution >= 4 is 15.8 Å². The zero-order chi connectivity index (χ0) is 28.2. The van der Waals surface area contributed by atoms with E-state index in [1.54, 1.807) is 102 Å². The lowest BCUT2D eigenvalue weighted by Gasteiger charge is -2.68. The molecule has 0 N–H and O–H groups in total. The lowest BCUT2D eigenvalue weighted by atomic mass is 9.55. The molecule has 228 valence electrons. The quantitative estimate of drug-likeness (QED) is 0.272. The van der Waals surface area contributed by atoms with E-state index in [4.69, 9.17) is 0 Å². The second-order valence-corrected chi connectivity index (χ2v) is 26.8. The highest BCUT2D eigenvalue weighted by molar-refractivity contribution is 7.61. The predicted octanol–water partition coefficient (Wildman–Crippen LogP) is 11.8. The molecule has 0 aliphatic heterocycles. The van der Waals surface area contributed by atoms with Crippen molar-refractivity contribution in [1.82, 2.24) is 0 Å². The van der Waals surface area contributed by atoms with Gasteiger partial charge in [-0.05, 0) is 182 Å². The monoisotopic (exact) mass is 584 g/mol. The summed E-state index contributed by atoms with van der Waals surface area (Å²) in [6.07, 6.45) is 26.3. The summed E-state index contributed by atoms with van der Waals surface area (Å²) in [6.45, 7) is 20.8. The molecule has 0 nitrogen and oxygen atoms in total. The van der Waals surface area contributed by atoms with Gasteiger partial charge < -0.3 is 0 Å². The Hall–Kier alpha value is 0.860. The van der Waals surface area contributed by atoms with E-state index in [1.165, 1.54) is 0 Å². The first kappa shape index (κ1) is 29.6. The van der Waals surface area contributed by atoms with Crippen molar-refractivity contribution in [3.05, 3.63) is 0 Å². The second-order valence-electron chi connectivity index (χ2n) is 19.8. The van der Waals surface area contributed by atoms with Gasteiger partial charge in [0.25, 0.3) is 0 Å². The van der Waals surface area contributed by atoms with Crippen LogP contribution in [0.2, 0.25) is 0 Å². The molecule has 0 radical (unpaired) electrons. The Kier molecular flexibility index (Phi) is 7.53. The van der Waals surface area contributed by atoms with Gasteiger partial charge in [0.2, 0.25) is 0 Å². The topological polar surface area (TPSA) is 0 Å². The summed E-state index contributed by atoms with van der Waals surface area (Å²) < 4.78 is 0. The van der Waals surface area contributed by atoms with Crippen LogP contribution >= 0.6 is 15.8 Å². The van der Waals surface area contributed by atoms with Crippen LogP contribution in [0.25, 0.3) is 0 Å². The maximum absolute atomic E-state index is 2.65. The molecule has 0 spiro atoms. The Morgan fingerprint density at radius 2 is 0.775 bits per heavy atom. The normalized spacial score (nSPS) is 50.6. The van der Waals surface area contributed by atoms with Gasteiger partial charge in [-0.25, -0.2) is 0 Å². The smallest absolute Gasteiger partial charge is 0.00814 e. The highest BCUT2D eigenvalue weighted by atomic mass is 31.1. The van der Waals surface area contributed by atoms with E-state index in [0.717, 1.165) is 69.5 Å². The molecule has 0 aromatic rings. The summed E-state index contributed by atoms with van der Waals surface area (Å²) in [6, 6.07) is 0. The van der Waals surface area contributed by atoms with Gasteiger partial charge in [0.15, 0.2) is 0 Å². The molecule has 2 heteroatoms. The molecule has 4 atom stereocenters. The van der Waals surface area contributed by atoms with Crippen LogP contribution in [0.15, 0.2) is 0 Å². The van der Waals surface area contributed by atoms with E-state index in [0.29, 0.717) is 10.3 Å². The summed E-state index contributed by atoms with van der Waals surface area (Å²) >= 11 is 0. The molecule has 0 aromatic carbocycles. The van der Waals surface area contributed by atoms with E-state index < -0.39 is 0 Å². The van der Waals surface area contributed by atoms with Gasteiger partial charge >= 0.3 is 0 Å². The van der Waals surface area contributed by atoms with Crippen molar-refractivity contribution < 1.29 is 0 Å². The third-order valence-corrected chi connectivity index (χ3v) is 22.9. The third kappa shape index (κ3) is 5.26. The minimum absolute atomic E-state index is 0.00258. The number of rotatable bonds is 6. The van der Waals surface area contributed by atoms with Crippen LogP contribution in [0.1, 0.15) is 145 Å². The molecule has 0 aromatic heterocycles. The van der Waals surface area contributed by atoms with Crippen molar-refractivity contribution in [2.45, 2.75) is 166 Å². The highest BCUT2D eigenvalue weighted by Crippen LogP contribution is 2.79. The highest BCUT2D eigenvalue weighted by Gasteiger charge is 2.63. The Morgan fingerprint density at radius 3 is 1.07 bits per heavy atom. The molecule has 9 rings (SSSR count). The number of hydrogen-bond donors (Lipinski definition) is 0. The van der Waals surface area contributed by atoms with Crippen molar-refractivity contribution in [3.8, 4) is 0 Å². The van der Waals surface area contributed by atoms with Crippen molar-refractivity contribution in [2.75, 3.05) is 12.3 Å². The van der Waals surface area contributed by atoms with Crippen LogP contribution in [0, 0.1) is 59.2 Å². The van der Waals surface area contributed by atoms with Gasteiger partial charge in [0.1, 0.15) is 0 Å². The van der Waals surface area contributed by atoms with Crippen molar-refractivity contribution in [3.63, 3.8) is 0 Å². The lowest BCUT2D eigenvalue weighted by Crippen LogP contribution is -2.57. The van der Waals surface area contributed by atoms with Crippen LogP contribution in [0.4, 0.5) is 0 Å². The Morgan fingerprint density at radius 1 is 0.475 bits per heavy atom.